The molecule has 8 heteroatoms. The third-order valence-corrected chi connectivity index (χ3v) is 5.37. The Morgan fingerprint density at radius 3 is 2.52 bits per heavy atom. The first-order chi connectivity index (χ1) is 12.0. The number of nitrogens with one attached hydrogen (secondary N) is 1. The number of amides is 2. The normalized spacial score (nSPS) is 29.8. The number of halogens is 2. The van der Waals surface area contributed by atoms with Crippen LogP contribution in [0.4, 0.5) is 19.3 Å². The summed E-state index contributed by atoms with van der Waals surface area (Å²) in [5.41, 5.74) is 0.387. The van der Waals surface area contributed by atoms with E-state index in [1.54, 1.807) is 11.0 Å². The van der Waals surface area contributed by atoms with Gasteiger partial charge in [-0.1, -0.05) is 0 Å². The third kappa shape index (κ3) is 2.99. The van der Waals surface area contributed by atoms with Gasteiger partial charge in [-0.05, 0) is 25.0 Å². The lowest BCUT2D eigenvalue weighted by molar-refractivity contribution is -0.0511. The number of carbonyl (C=O) groups excluding carboxylic acids is 1. The minimum Gasteiger partial charge on any atom is -0.493 e. The number of rotatable bonds is 4. The molecule has 0 radical (unpaired) electrons. The second kappa shape index (κ2) is 6.33. The molecule has 136 valence electrons. The van der Waals surface area contributed by atoms with E-state index in [0.29, 0.717) is 30.6 Å². The molecule has 6 nitrogen and oxygen atoms in total. The van der Waals surface area contributed by atoms with Gasteiger partial charge in [0, 0.05) is 36.7 Å². The molecular weight excluding hydrogens is 334 g/mol. The number of urea groups is 1. The van der Waals surface area contributed by atoms with Crippen molar-refractivity contribution >= 4 is 11.7 Å². The van der Waals surface area contributed by atoms with E-state index in [4.69, 9.17) is 9.47 Å². The van der Waals surface area contributed by atoms with E-state index in [9.17, 15) is 13.6 Å². The predicted molar refractivity (Wildman–Crippen MR) is 85.1 cm³/mol. The number of nitrogens with zero attached hydrogens (tertiary/aromatic N) is 1. The van der Waals surface area contributed by atoms with E-state index in [-0.39, 0.29) is 29.7 Å². The number of alkyl halides is 2. The molecule has 1 aromatic rings. The van der Waals surface area contributed by atoms with Gasteiger partial charge in [0.2, 0.25) is 0 Å². The van der Waals surface area contributed by atoms with Crippen molar-refractivity contribution in [1.82, 2.24) is 4.90 Å². The summed E-state index contributed by atoms with van der Waals surface area (Å²) in [6, 6.07) is 4.19. The average molecular weight is 354 g/mol. The molecule has 3 aliphatic heterocycles. The van der Waals surface area contributed by atoms with E-state index in [2.05, 4.69) is 10.1 Å². The highest BCUT2D eigenvalue weighted by Crippen LogP contribution is 2.47. The molecule has 0 spiro atoms. The average Bonchev–Trinajstić information content (AvgIpc) is 3.27. The van der Waals surface area contributed by atoms with Crippen molar-refractivity contribution < 1.29 is 27.8 Å². The zero-order chi connectivity index (χ0) is 17.6. The lowest BCUT2D eigenvalue weighted by Crippen LogP contribution is -2.35. The first-order valence-corrected chi connectivity index (χ1v) is 8.39. The number of hydrogen-bond donors (Lipinski definition) is 1. The minimum atomic E-state index is -2.96. The Morgan fingerprint density at radius 1 is 1.24 bits per heavy atom. The lowest BCUT2D eigenvalue weighted by Gasteiger charge is -2.20. The molecule has 1 N–H and O–H groups in total. The summed E-state index contributed by atoms with van der Waals surface area (Å²) < 4.78 is 40.3. The van der Waals surface area contributed by atoms with E-state index < -0.39 is 6.61 Å². The number of likely N-dealkylation sites (tertiary alicyclic amines) is 1. The quantitative estimate of drug-likeness (QED) is 0.903. The Bertz CT molecular complexity index is 654. The van der Waals surface area contributed by atoms with Crippen molar-refractivity contribution in [2.75, 3.05) is 25.5 Å². The molecule has 2 bridgehead atoms. The van der Waals surface area contributed by atoms with Crippen molar-refractivity contribution in [3.63, 3.8) is 0 Å². The third-order valence-electron chi connectivity index (χ3n) is 5.37. The molecule has 3 saturated heterocycles. The van der Waals surface area contributed by atoms with Gasteiger partial charge in [-0.25, -0.2) is 4.79 Å². The largest absolute Gasteiger partial charge is 0.493 e. The zero-order valence-electron chi connectivity index (χ0n) is 13.8. The molecule has 0 unspecified atom stereocenters. The molecule has 3 aliphatic rings. The summed E-state index contributed by atoms with van der Waals surface area (Å²) in [7, 11) is 1.37. The number of ether oxygens (including phenoxy) is 3. The molecule has 1 aromatic carbocycles. The van der Waals surface area contributed by atoms with E-state index in [0.717, 1.165) is 12.8 Å². The summed E-state index contributed by atoms with van der Waals surface area (Å²) >= 11 is 0. The molecule has 2 amide bonds. The van der Waals surface area contributed by atoms with Crippen LogP contribution in [0.5, 0.6) is 11.5 Å². The van der Waals surface area contributed by atoms with Crippen LogP contribution in [0.3, 0.4) is 0 Å². The summed E-state index contributed by atoms with van der Waals surface area (Å²) in [6.45, 7) is -1.61. The highest BCUT2D eigenvalue weighted by atomic mass is 19.3. The Balaban J connectivity index is 1.43. The first-order valence-electron chi connectivity index (χ1n) is 8.39. The van der Waals surface area contributed by atoms with Crippen LogP contribution in [0, 0.1) is 11.8 Å². The molecule has 3 fully saturated rings. The molecule has 4 atom stereocenters. The Labute approximate surface area is 144 Å². The van der Waals surface area contributed by atoms with Gasteiger partial charge in [-0.2, -0.15) is 8.78 Å². The molecule has 0 saturated carbocycles. The van der Waals surface area contributed by atoms with Gasteiger partial charge >= 0.3 is 12.6 Å². The second-order valence-corrected chi connectivity index (χ2v) is 6.70. The molecular formula is C17H20F2N2O4. The van der Waals surface area contributed by atoms with Crippen molar-refractivity contribution in [3.05, 3.63) is 18.2 Å². The van der Waals surface area contributed by atoms with Crippen LogP contribution in [0.15, 0.2) is 18.2 Å². The summed E-state index contributed by atoms with van der Waals surface area (Å²) in [4.78, 5) is 14.3. The van der Waals surface area contributed by atoms with Gasteiger partial charge in [0.25, 0.3) is 0 Å². The fourth-order valence-corrected chi connectivity index (χ4v) is 4.27. The van der Waals surface area contributed by atoms with Crippen LogP contribution in [-0.2, 0) is 4.74 Å². The maximum atomic E-state index is 12.5. The zero-order valence-corrected chi connectivity index (χ0v) is 13.8. The number of benzene rings is 1. The fourth-order valence-electron chi connectivity index (χ4n) is 4.27. The van der Waals surface area contributed by atoms with Crippen molar-refractivity contribution in [3.8, 4) is 11.5 Å². The number of anilines is 1. The van der Waals surface area contributed by atoms with Gasteiger partial charge in [0.15, 0.2) is 11.5 Å². The number of carbonyl (C=O) groups is 1. The van der Waals surface area contributed by atoms with Crippen molar-refractivity contribution in [1.29, 1.82) is 0 Å². The summed E-state index contributed by atoms with van der Waals surface area (Å²) in [6.07, 6.45) is 2.71. The van der Waals surface area contributed by atoms with Gasteiger partial charge in [-0.15, -0.1) is 0 Å². The molecule has 4 rings (SSSR count). The fraction of sp³-hybridized carbons (Fsp3) is 0.588. The minimum absolute atomic E-state index is 0.111. The second-order valence-electron chi connectivity index (χ2n) is 6.70. The maximum Gasteiger partial charge on any atom is 0.387 e. The number of fused-ring (bicyclic) bond motifs is 5. The van der Waals surface area contributed by atoms with Crippen LogP contribution < -0.4 is 14.8 Å². The lowest BCUT2D eigenvalue weighted by atomic mass is 9.82. The van der Waals surface area contributed by atoms with E-state index in [1.807, 2.05) is 0 Å². The summed E-state index contributed by atoms with van der Waals surface area (Å²) in [5.74, 6) is 0.902. The number of methoxy groups -OCH3 is 1. The Hall–Kier alpha value is -2.09. The Kier molecular flexibility index (Phi) is 4.15. The van der Waals surface area contributed by atoms with Gasteiger partial charge in [0.1, 0.15) is 0 Å². The predicted octanol–water partition coefficient (Wildman–Crippen LogP) is 2.94. The van der Waals surface area contributed by atoms with Gasteiger partial charge < -0.3 is 24.4 Å². The standard InChI is InChI=1S/C17H20F2N2O4/c1-23-14-3-2-9(6-15(14)25-16(18)19)20-17(22)21-7-10-11(8-21)13-5-4-12(10)24-13/h2-3,6,10-13,16H,4-5,7-8H2,1H3,(H,20,22)/t10-,11-,12+,13+/m0/s1. The van der Waals surface area contributed by atoms with Crippen LogP contribution in [-0.4, -0.2) is 49.9 Å². The van der Waals surface area contributed by atoms with Gasteiger partial charge in [0.05, 0.1) is 19.3 Å². The molecule has 0 aliphatic carbocycles. The highest BCUT2D eigenvalue weighted by molar-refractivity contribution is 5.90. The summed E-state index contributed by atoms with van der Waals surface area (Å²) in [5, 5.41) is 2.75. The van der Waals surface area contributed by atoms with E-state index in [1.165, 1.54) is 19.2 Å². The first kappa shape index (κ1) is 16.4. The maximum absolute atomic E-state index is 12.5. The van der Waals surface area contributed by atoms with Crippen LogP contribution >= 0.6 is 0 Å². The molecule has 0 aromatic heterocycles. The smallest absolute Gasteiger partial charge is 0.387 e. The van der Waals surface area contributed by atoms with Gasteiger partial charge in [-0.3, -0.25) is 0 Å². The number of hydrogen-bond acceptors (Lipinski definition) is 4. The molecule has 3 heterocycles. The topological polar surface area (TPSA) is 60.0 Å². The van der Waals surface area contributed by atoms with Crippen molar-refractivity contribution in [2.45, 2.75) is 31.7 Å². The monoisotopic (exact) mass is 354 g/mol. The van der Waals surface area contributed by atoms with E-state index >= 15 is 0 Å². The SMILES string of the molecule is COc1ccc(NC(=O)N2C[C@H]3[C@H](C2)[C@H]2CC[C@H]3O2)cc1OC(F)F. The van der Waals surface area contributed by atoms with Crippen molar-refractivity contribution in [2.24, 2.45) is 11.8 Å². The van der Waals surface area contributed by atoms with Crippen LogP contribution in [0.25, 0.3) is 0 Å². The highest BCUT2D eigenvalue weighted by Gasteiger charge is 2.53. The van der Waals surface area contributed by atoms with Crippen LogP contribution in [0.1, 0.15) is 12.8 Å². The molecule has 25 heavy (non-hydrogen) atoms. The Morgan fingerprint density at radius 2 is 1.92 bits per heavy atom. The van der Waals surface area contributed by atoms with Crippen LogP contribution in [0.2, 0.25) is 0 Å².